The summed E-state index contributed by atoms with van der Waals surface area (Å²) in [7, 11) is 0. The molecule has 1 aliphatic rings. The van der Waals surface area contributed by atoms with E-state index in [1.165, 1.54) is 4.90 Å². The summed E-state index contributed by atoms with van der Waals surface area (Å²) in [5.41, 5.74) is 5.56. The Labute approximate surface area is 226 Å². The molecule has 4 N–H and O–H groups in total. The van der Waals surface area contributed by atoms with Crippen molar-refractivity contribution in [2.45, 2.75) is 51.6 Å². The summed E-state index contributed by atoms with van der Waals surface area (Å²) >= 11 is 0. The molecule has 3 unspecified atom stereocenters. The zero-order valence-corrected chi connectivity index (χ0v) is 22.1. The van der Waals surface area contributed by atoms with Gasteiger partial charge in [-0.25, -0.2) is 18.2 Å². The zero-order chi connectivity index (χ0) is 28.3. The third kappa shape index (κ3) is 6.18. The maximum atomic E-state index is 14.9. The Morgan fingerprint density at radius 3 is 2.54 bits per heavy atom. The lowest BCUT2D eigenvalue weighted by Gasteiger charge is -2.42. The number of likely N-dealkylation sites (tertiary alicyclic amines) is 1. The highest BCUT2D eigenvalue weighted by atomic mass is 19.1. The normalized spacial score (nSPS) is 20.1. The topological polar surface area (TPSA) is 105 Å². The van der Waals surface area contributed by atoms with Crippen LogP contribution in [-0.4, -0.2) is 62.5 Å². The molecule has 2 heterocycles. The molecule has 1 saturated heterocycles. The lowest BCUT2D eigenvalue weighted by Crippen LogP contribution is -2.49. The van der Waals surface area contributed by atoms with Crippen LogP contribution in [0, 0.1) is 23.0 Å². The lowest BCUT2D eigenvalue weighted by atomic mass is 9.82. The molecular formula is C29H35F3N4O3. The number of nitrogens with two attached hydrogens (primary N) is 1. The van der Waals surface area contributed by atoms with Crippen molar-refractivity contribution in [1.29, 1.82) is 0 Å². The number of amides is 1. The van der Waals surface area contributed by atoms with E-state index in [0.29, 0.717) is 5.82 Å². The van der Waals surface area contributed by atoms with Gasteiger partial charge in [0.05, 0.1) is 18.3 Å². The third-order valence-electron chi connectivity index (χ3n) is 7.46. The Hall–Kier alpha value is -3.21. The minimum atomic E-state index is -1.40. The molecule has 0 aliphatic carbocycles. The number of alkyl halides is 1. The van der Waals surface area contributed by atoms with E-state index in [1.54, 1.807) is 24.6 Å². The molecule has 4 atom stereocenters. The number of benzene rings is 2. The molecule has 2 aromatic carbocycles. The van der Waals surface area contributed by atoms with Gasteiger partial charge < -0.3 is 25.4 Å². The minimum absolute atomic E-state index is 0.0514. The number of nitrogens with zero attached hydrogens (tertiary/aromatic N) is 3. The van der Waals surface area contributed by atoms with Crippen LogP contribution in [0.5, 0.6) is 0 Å². The highest BCUT2D eigenvalue weighted by molar-refractivity contribution is 5.81. The van der Waals surface area contributed by atoms with Gasteiger partial charge in [0.1, 0.15) is 29.7 Å². The van der Waals surface area contributed by atoms with Crippen LogP contribution >= 0.6 is 0 Å². The van der Waals surface area contributed by atoms with Gasteiger partial charge in [-0.2, -0.15) is 0 Å². The summed E-state index contributed by atoms with van der Waals surface area (Å²) in [6.45, 7) is 3.08. The van der Waals surface area contributed by atoms with Crippen LogP contribution in [0.4, 0.5) is 13.2 Å². The fraction of sp³-hybridized carbons (Fsp3) is 0.448. The summed E-state index contributed by atoms with van der Waals surface area (Å²) in [6, 6.07) is 11.5. The van der Waals surface area contributed by atoms with Crippen molar-refractivity contribution < 1.29 is 28.2 Å². The molecule has 3 aromatic rings. The first kappa shape index (κ1) is 28.8. The average Bonchev–Trinajstić information content (AvgIpc) is 3.26. The van der Waals surface area contributed by atoms with E-state index in [4.69, 9.17) is 10.7 Å². The monoisotopic (exact) mass is 544 g/mol. The van der Waals surface area contributed by atoms with E-state index in [2.05, 4.69) is 0 Å². The van der Waals surface area contributed by atoms with Crippen molar-refractivity contribution in [2.24, 2.45) is 17.1 Å². The van der Waals surface area contributed by atoms with E-state index < -0.39 is 47.2 Å². The van der Waals surface area contributed by atoms with Crippen LogP contribution < -0.4 is 5.73 Å². The van der Waals surface area contributed by atoms with E-state index >= 15 is 0 Å². The van der Waals surface area contributed by atoms with Gasteiger partial charge in [-0.15, -0.1) is 0 Å². The predicted molar refractivity (Wildman–Crippen MR) is 141 cm³/mol. The first-order valence-electron chi connectivity index (χ1n) is 13.1. The number of aliphatic hydroxyl groups is 2. The van der Waals surface area contributed by atoms with Gasteiger partial charge in [0.25, 0.3) is 5.91 Å². The summed E-state index contributed by atoms with van der Waals surface area (Å²) < 4.78 is 45.5. The Kier molecular flexibility index (Phi) is 8.78. The first-order chi connectivity index (χ1) is 18.6. The molecule has 10 heteroatoms. The number of carbonyl (C=O) groups excluding carboxylic acids is 1. The second-order valence-electron chi connectivity index (χ2n) is 10.9. The van der Waals surface area contributed by atoms with Crippen molar-refractivity contribution in [2.75, 3.05) is 19.7 Å². The van der Waals surface area contributed by atoms with Crippen molar-refractivity contribution in [1.82, 2.24) is 14.5 Å². The van der Waals surface area contributed by atoms with Gasteiger partial charge in [0, 0.05) is 42.7 Å². The maximum Gasteiger partial charge on any atom is 0.252 e. The lowest BCUT2D eigenvalue weighted by molar-refractivity contribution is -0.146. The molecule has 0 spiro atoms. The molecule has 1 aliphatic heterocycles. The van der Waals surface area contributed by atoms with E-state index in [1.807, 2.05) is 30.3 Å². The Bertz CT molecular complexity index is 1280. The standard InChI is InChI=1S/C29H35F3N4O3/c1-29(2,17-37)26(36-15-19(23(32)13-33)8-11-25(38)28(36)39)27-34-24(21-12-20(30)9-10-22(21)31)16-35(27)14-18-6-4-3-5-7-18/h3-7,9-10,12,16,19,23,25-26,37-38H,8,11,13-15,17,33H2,1-2H3/t19?,23?,25-,26?/m0/s1. The van der Waals surface area contributed by atoms with Gasteiger partial charge in [-0.05, 0) is 36.6 Å². The molecule has 1 amide bonds. The van der Waals surface area contributed by atoms with Crippen molar-refractivity contribution in [3.05, 3.63) is 77.8 Å². The van der Waals surface area contributed by atoms with Gasteiger partial charge >= 0.3 is 0 Å². The van der Waals surface area contributed by atoms with Crippen LogP contribution in [0.25, 0.3) is 11.3 Å². The summed E-state index contributed by atoms with van der Waals surface area (Å²) in [6.07, 6.45) is -0.856. The molecule has 0 saturated carbocycles. The van der Waals surface area contributed by atoms with Crippen LogP contribution in [0.15, 0.2) is 54.7 Å². The van der Waals surface area contributed by atoms with Gasteiger partial charge in [-0.3, -0.25) is 4.79 Å². The van der Waals surface area contributed by atoms with E-state index in [9.17, 15) is 28.2 Å². The molecular weight excluding hydrogens is 509 g/mol. The number of imidazole rings is 1. The SMILES string of the molecule is CC(C)(CO)C(c1nc(-c2cc(F)ccc2F)cn1Cc1ccccc1)N1CC(C(F)CN)CC[C@H](O)C1=O. The minimum Gasteiger partial charge on any atom is -0.396 e. The van der Waals surface area contributed by atoms with E-state index in [0.717, 1.165) is 23.8 Å². The third-order valence-corrected chi connectivity index (χ3v) is 7.46. The number of hydrogen-bond acceptors (Lipinski definition) is 5. The van der Waals surface area contributed by atoms with Crippen LogP contribution in [0.1, 0.15) is 44.1 Å². The summed E-state index contributed by atoms with van der Waals surface area (Å²) in [5.74, 6) is -2.26. The van der Waals surface area contributed by atoms with Crippen LogP contribution in [-0.2, 0) is 11.3 Å². The number of carbonyl (C=O) groups is 1. The fourth-order valence-electron chi connectivity index (χ4n) is 5.22. The Balaban J connectivity index is 1.91. The van der Waals surface area contributed by atoms with Gasteiger partial charge in [0.15, 0.2) is 0 Å². The summed E-state index contributed by atoms with van der Waals surface area (Å²) in [4.78, 5) is 19.6. The molecule has 210 valence electrons. The van der Waals surface area contributed by atoms with Crippen molar-refractivity contribution >= 4 is 5.91 Å². The van der Waals surface area contributed by atoms with Gasteiger partial charge in [-0.1, -0.05) is 44.2 Å². The molecule has 1 aromatic heterocycles. The predicted octanol–water partition coefficient (Wildman–Crippen LogP) is 3.83. The van der Waals surface area contributed by atoms with Crippen molar-refractivity contribution in [3.8, 4) is 11.3 Å². The van der Waals surface area contributed by atoms with Crippen LogP contribution in [0.2, 0.25) is 0 Å². The number of rotatable bonds is 9. The van der Waals surface area contributed by atoms with Gasteiger partial charge in [0.2, 0.25) is 0 Å². The van der Waals surface area contributed by atoms with Crippen molar-refractivity contribution in [3.63, 3.8) is 0 Å². The molecule has 1 fully saturated rings. The number of hydrogen-bond donors (Lipinski definition) is 3. The second kappa shape index (κ2) is 11.9. The Morgan fingerprint density at radius 2 is 1.87 bits per heavy atom. The number of aliphatic hydroxyl groups excluding tert-OH is 2. The molecule has 0 bridgehead atoms. The number of halogens is 3. The quantitative estimate of drug-likeness (QED) is 0.380. The molecule has 7 nitrogen and oxygen atoms in total. The second-order valence-corrected chi connectivity index (χ2v) is 10.9. The fourth-order valence-corrected chi connectivity index (χ4v) is 5.22. The van der Waals surface area contributed by atoms with Crippen LogP contribution in [0.3, 0.4) is 0 Å². The zero-order valence-electron chi connectivity index (χ0n) is 22.1. The largest absolute Gasteiger partial charge is 0.396 e. The highest BCUT2D eigenvalue weighted by Crippen LogP contribution is 2.41. The Morgan fingerprint density at radius 1 is 1.15 bits per heavy atom. The molecule has 0 radical (unpaired) electrons. The molecule has 4 rings (SSSR count). The smallest absolute Gasteiger partial charge is 0.252 e. The van der Waals surface area contributed by atoms with E-state index in [-0.39, 0.29) is 50.3 Å². The first-order valence-corrected chi connectivity index (χ1v) is 13.1. The average molecular weight is 545 g/mol. The summed E-state index contributed by atoms with van der Waals surface area (Å²) in [5, 5.41) is 21.1. The maximum absolute atomic E-state index is 14.9. The number of aromatic nitrogens is 2. The highest BCUT2D eigenvalue weighted by Gasteiger charge is 2.45. The molecule has 39 heavy (non-hydrogen) atoms.